The van der Waals surface area contributed by atoms with Crippen molar-refractivity contribution in [2.45, 2.75) is 46.5 Å². The van der Waals surface area contributed by atoms with Crippen LogP contribution < -0.4 is 5.32 Å². The molecule has 0 bridgehead atoms. The van der Waals surface area contributed by atoms with Gasteiger partial charge in [0.2, 0.25) is 11.4 Å². The summed E-state index contributed by atoms with van der Waals surface area (Å²) in [5.74, 6) is 0.508. The number of hydrogen-bond acceptors (Lipinski definition) is 1. The molecule has 3 heterocycles. The van der Waals surface area contributed by atoms with Gasteiger partial charge in [0.15, 0.2) is 6.21 Å². The Labute approximate surface area is 482 Å². The molecule has 0 amide bonds. The van der Waals surface area contributed by atoms with Crippen molar-refractivity contribution in [1.29, 1.82) is 0 Å². The predicted molar refractivity (Wildman–Crippen MR) is 352 cm³/mol. The monoisotopic (exact) mass is 1060 g/mol. The normalized spacial score (nSPS) is 17.1. The minimum absolute atomic E-state index is 0.254. The van der Waals surface area contributed by atoms with E-state index in [4.69, 9.17) is 0 Å². The van der Waals surface area contributed by atoms with Crippen molar-refractivity contribution < 1.29 is 4.58 Å². The van der Waals surface area contributed by atoms with Gasteiger partial charge in [0.05, 0.1) is 22.2 Å². The zero-order valence-electron chi connectivity index (χ0n) is 47.2. The van der Waals surface area contributed by atoms with E-state index >= 15 is 0 Å². The SMILES string of the molecule is C=C/C=C(\C=C/C)[N+]1=C/C=C(c2ccc3c(c2)c2cc4c(cc2n3-c2ccccc2)-c2ccc(-c3cc(-c5ccc6c(c5)c(/C=C\C)c(C=C)n6-c5ccccc5)ccc3Nc3ccccc3)cc2C(C)C4C)\C=C(/C)c2ccccc2\1. The van der Waals surface area contributed by atoms with Crippen LogP contribution >= 0.6 is 0 Å². The van der Waals surface area contributed by atoms with Crippen LogP contribution in [-0.2, 0) is 0 Å². The number of para-hydroxylation sites is 4. The summed E-state index contributed by atoms with van der Waals surface area (Å²) >= 11 is 0. The topological polar surface area (TPSA) is 24.9 Å². The van der Waals surface area contributed by atoms with Gasteiger partial charge in [-0.25, -0.2) is 0 Å². The molecule has 4 heteroatoms. The molecule has 2 aromatic heterocycles. The Morgan fingerprint density at radius 1 is 0.537 bits per heavy atom. The second kappa shape index (κ2) is 21.6. The first-order valence-electron chi connectivity index (χ1n) is 28.6. The second-order valence-corrected chi connectivity index (χ2v) is 21.7. The van der Waals surface area contributed by atoms with Crippen LogP contribution in [0.3, 0.4) is 0 Å². The third-order valence-corrected chi connectivity index (χ3v) is 16.9. The molecule has 396 valence electrons. The Balaban J connectivity index is 0.953. The average Bonchev–Trinajstić information content (AvgIpc) is 4.19. The summed E-state index contributed by atoms with van der Waals surface area (Å²) < 4.78 is 7.06. The second-order valence-electron chi connectivity index (χ2n) is 21.7. The molecule has 13 rings (SSSR count). The standard InChI is InChI=1S/C78H65N4/c1-8-23-60(24-9-2)80-43-42-57(44-51(5)63-32-21-22-33-75(63)80)56-37-41-77-71(47-56)72-49-67-53(7)52(6)66-48-58(34-38-64(66)69(67)50-78(72)82(77)62-30-19-14-20-31-62)68-45-54(35-39-73(68)79-59-26-15-12-16-27-59)55-36-40-76-70(46-55)65(25-10-3)74(11-4)81(76)61-28-17-13-18-29-61/h8-50,52-53,79H,1,4H2,2-3,5-7H3/q+1/b24-9-,25-10-,43-42?,51-44+,57-42+,57-44?,60-23+,63-51?. The highest BCUT2D eigenvalue weighted by molar-refractivity contribution is 6.12. The molecule has 2 unspecified atom stereocenters. The Hall–Kier alpha value is -10.0. The van der Waals surface area contributed by atoms with Crippen molar-refractivity contribution in [3.63, 3.8) is 0 Å². The van der Waals surface area contributed by atoms with Crippen molar-refractivity contribution in [2.24, 2.45) is 0 Å². The molecule has 4 nitrogen and oxygen atoms in total. The van der Waals surface area contributed by atoms with Crippen LogP contribution in [0.4, 0.5) is 17.1 Å². The molecule has 2 atom stereocenters. The highest BCUT2D eigenvalue weighted by atomic mass is 15.0. The quantitative estimate of drug-likeness (QED) is 0.0957. The highest BCUT2D eigenvalue weighted by Crippen LogP contribution is 2.51. The molecule has 0 radical (unpaired) electrons. The van der Waals surface area contributed by atoms with E-state index in [1.165, 1.54) is 71.7 Å². The fourth-order valence-corrected chi connectivity index (χ4v) is 12.8. The van der Waals surface area contributed by atoms with Gasteiger partial charge < -0.3 is 14.5 Å². The molecule has 82 heavy (non-hydrogen) atoms. The molecule has 0 fully saturated rings. The van der Waals surface area contributed by atoms with Gasteiger partial charge in [-0.05, 0) is 185 Å². The summed E-state index contributed by atoms with van der Waals surface area (Å²) in [5, 5.41) is 7.50. The summed E-state index contributed by atoms with van der Waals surface area (Å²) in [7, 11) is 0. The summed E-state index contributed by atoms with van der Waals surface area (Å²) in [4.78, 5) is 0. The first kappa shape index (κ1) is 51.4. The third-order valence-electron chi connectivity index (χ3n) is 16.9. The summed E-state index contributed by atoms with van der Waals surface area (Å²) in [6, 6.07) is 73.6. The number of fused-ring (bicyclic) bond motifs is 8. The van der Waals surface area contributed by atoms with E-state index in [2.05, 4.69) is 316 Å². The average molecular weight is 1060 g/mol. The molecule has 2 aliphatic rings. The molecule has 0 saturated heterocycles. The van der Waals surface area contributed by atoms with Crippen molar-refractivity contribution in [2.75, 3.05) is 5.32 Å². The third kappa shape index (κ3) is 8.94. The number of anilines is 2. The van der Waals surface area contributed by atoms with Crippen molar-refractivity contribution in [3.8, 4) is 44.8 Å². The van der Waals surface area contributed by atoms with Crippen LogP contribution in [0.2, 0.25) is 0 Å². The maximum atomic E-state index is 4.29. The lowest BCUT2D eigenvalue weighted by Crippen LogP contribution is -2.13. The molecule has 0 saturated carbocycles. The zero-order chi connectivity index (χ0) is 56.0. The van der Waals surface area contributed by atoms with E-state index in [0.29, 0.717) is 0 Å². The van der Waals surface area contributed by atoms with Gasteiger partial charge >= 0.3 is 0 Å². The summed E-state index contributed by atoms with van der Waals surface area (Å²) in [5.41, 5.74) is 27.0. The van der Waals surface area contributed by atoms with Crippen LogP contribution in [0.1, 0.15) is 80.0 Å². The number of nitrogens with zero attached hydrogens (tertiary/aromatic N) is 3. The van der Waals surface area contributed by atoms with E-state index in [0.717, 1.165) is 73.2 Å². The van der Waals surface area contributed by atoms with Crippen LogP contribution in [0.25, 0.3) is 101 Å². The highest BCUT2D eigenvalue weighted by Gasteiger charge is 2.31. The molecular weight excluding hydrogens is 993 g/mol. The van der Waals surface area contributed by atoms with Gasteiger partial charge in [0.1, 0.15) is 0 Å². The van der Waals surface area contributed by atoms with E-state index in [1.807, 2.05) is 12.2 Å². The number of hydrogen-bond donors (Lipinski definition) is 1. The molecule has 11 aromatic rings. The number of aromatic nitrogens is 2. The molecule has 9 aromatic carbocycles. The van der Waals surface area contributed by atoms with Gasteiger partial charge in [0, 0.05) is 79.9 Å². The fourth-order valence-electron chi connectivity index (χ4n) is 12.8. The van der Waals surface area contributed by atoms with E-state index in [9.17, 15) is 0 Å². The van der Waals surface area contributed by atoms with Crippen LogP contribution in [0, 0.1) is 0 Å². The van der Waals surface area contributed by atoms with Gasteiger partial charge in [-0.2, -0.15) is 4.58 Å². The number of benzene rings is 9. The molecule has 1 N–H and O–H groups in total. The minimum atomic E-state index is 0.254. The van der Waals surface area contributed by atoms with E-state index in [1.54, 1.807) is 0 Å². The van der Waals surface area contributed by atoms with Gasteiger partial charge in [-0.3, -0.25) is 0 Å². The van der Waals surface area contributed by atoms with Crippen LogP contribution in [0.5, 0.6) is 0 Å². The lowest BCUT2D eigenvalue weighted by molar-refractivity contribution is -0.371. The Kier molecular flexibility index (Phi) is 13.5. The van der Waals surface area contributed by atoms with Crippen molar-refractivity contribution in [1.82, 2.24) is 9.13 Å². The Bertz CT molecular complexity index is 4550. The maximum Gasteiger partial charge on any atom is 0.218 e. The number of nitrogens with one attached hydrogen (secondary N) is 1. The van der Waals surface area contributed by atoms with Gasteiger partial charge in [0.25, 0.3) is 0 Å². The summed E-state index contributed by atoms with van der Waals surface area (Å²) in [6.45, 7) is 19.5. The van der Waals surface area contributed by atoms with E-state index < -0.39 is 0 Å². The largest absolute Gasteiger partial charge is 0.355 e. The molecule has 0 spiro atoms. The first-order chi connectivity index (χ1) is 40.2. The van der Waals surface area contributed by atoms with Gasteiger partial charge in [-0.15, -0.1) is 0 Å². The fraction of sp³-hybridized carbons (Fsp3) is 0.0897. The zero-order valence-corrected chi connectivity index (χ0v) is 47.2. The molecular formula is C78H65N4+. The number of allylic oxidation sites excluding steroid dienone is 9. The van der Waals surface area contributed by atoms with Crippen LogP contribution in [-0.4, -0.2) is 19.9 Å². The lowest BCUT2D eigenvalue weighted by atomic mass is 9.72. The van der Waals surface area contributed by atoms with Crippen LogP contribution in [0.15, 0.2) is 262 Å². The predicted octanol–water partition coefficient (Wildman–Crippen LogP) is 21.2. The first-order valence-corrected chi connectivity index (χ1v) is 28.6. The Morgan fingerprint density at radius 2 is 1.16 bits per heavy atom. The Morgan fingerprint density at radius 3 is 1.88 bits per heavy atom. The summed E-state index contributed by atoms with van der Waals surface area (Å²) in [6.07, 6.45) is 21.3. The smallest absolute Gasteiger partial charge is 0.218 e. The van der Waals surface area contributed by atoms with E-state index in [-0.39, 0.29) is 11.8 Å². The van der Waals surface area contributed by atoms with Crippen molar-refractivity contribution >= 4 is 79.3 Å². The maximum absolute atomic E-state index is 4.29. The lowest BCUT2D eigenvalue weighted by Gasteiger charge is -2.32. The minimum Gasteiger partial charge on any atom is -0.355 e. The number of rotatable bonds is 12. The van der Waals surface area contributed by atoms with Crippen molar-refractivity contribution in [3.05, 3.63) is 295 Å². The van der Waals surface area contributed by atoms with Gasteiger partial charge in [-0.1, -0.05) is 161 Å². The molecule has 1 aliphatic heterocycles. The molecule has 1 aliphatic carbocycles.